The molecule has 15 heavy (non-hydrogen) atoms. The molecule has 0 aromatic heterocycles. The van der Waals surface area contributed by atoms with E-state index in [9.17, 15) is 24.4 Å². The number of phenolic OH excluding ortho intramolecular Hbond substituents is 1. The zero-order valence-corrected chi connectivity index (χ0v) is 7.31. The molecule has 0 saturated heterocycles. The summed E-state index contributed by atoms with van der Waals surface area (Å²) in [4.78, 5) is 22.3. The second kappa shape index (κ2) is 4.30. The summed E-state index contributed by atoms with van der Waals surface area (Å²) >= 11 is 0. The van der Waals surface area contributed by atoms with Crippen molar-refractivity contribution in [3.8, 4) is 5.75 Å². The lowest BCUT2D eigenvalue weighted by atomic mass is 10.1. The fraction of sp³-hybridized carbons (Fsp3) is 0.125. The molecule has 6 nitrogen and oxygen atoms in total. The molecule has 0 heterocycles. The molecule has 1 N–H and O–H groups in total. The molecule has 0 unspecified atom stereocenters. The highest BCUT2D eigenvalue weighted by Crippen LogP contribution is 2.26. The van der Waals surface area contributed by atoms with E-state index in [1.165, 1.54) is 6.08 Å². The quantitative estimate of drug-likeness (QED) is 0.353. The van der Waals surface area contributed by atoms with E-state index in [0.717, 1.165) is 6.07 Å². The van der Waals surface area contributed by atoms with Gasteiger partial charge >= 0.3 is 5.69 Å². The predicted octanol–water partition coefficient (Wildman–Crippen LogP) is 1.28. The highest BCUT2D eigenvalue weighted by Gasteiger charge is 2.17. The largest absolute Gasteiger partial charge is 0.507 e. The van der Waals surface area contributed by atoms with Gasteiger partial charge in [0.15, 0.2) is 0 Å². The molecule has 0 fully saturated rings. The summed E-state index contributed by atoms with van der Waals surface area (Å²) in [6.07, 6.45) is 1.21. The molecule has 0 aliphatic rings. The number of aromatic hydroxyl groups is 1. The second-order valence-electron chi connectivity index (χ2n) is 2.60. The van der Waals surface area contributed by atoms with Crippen LogP contribution in [0.15, 0.2) is 17.1 Å². The fourth-order valence-electron chi connectivity index (χ4n) is 0.979. The van der Waals surface area contributed by atoms with Gasteiger partial charge in [-0.1, -0.05) is 0 Å². The van der Waals surface area contributed by atoms with Gasteiger partial charge in [0.25, 0.3) is 0 Å². The van der Waals surface area contributed by atoms with Crippen molar-refractivity contribution in [2.45, 2.75) is 6.54 Å². The van der Waals surface area contributed by atoms with E-state index in [1.54, 1.807) is 0 Å². The van der Waals surface area contributed by atoms with Crippen LogP contribution in [0.25, 0.3) is 0 Å². The molecular weight excluding hydrogens is 207 g/mol. The lowest BCUT2D eigenvalue weighted by Gasteiger charge is -2.01. The number of isocyanates is 1. The first-order valence-corrected chi connectivity index (χ1v) is 3.75. The van der Waals surface area contributed by atoms with Gasteiger partial charge < -0.3 is 5.11 Å². The minimum Gasteiger partial charge on any atom is -0.507 e. The molecule has 7 heteroatoms. The predicted molar refractivity (Wildman–Crippen MR) is 46.5 cm³/mol. The summed E-state index contributed by atoms with van der Waals surface area (Å²) in [7, 11) is 0. The third-order valence-corrected chi connectivity index (χ3v) is 1.66. The van der Waals surface area contributed by atoms with Gasteiger partial charge in [-0.2, -0.15) is 4.39 Å². The Hall–Kier alpha value is -2.27. The van der Waals surface area contributed by atoms with Crippen LogP contribution in [-0.2, 0) is 11.3 Å². The number of halogens is 1. The Balaban J connectivity index is 3.22. The van der Waals surface area contributed by atoms with Gasteiger partial charge in [0.1, 0.15) is 5.75 Å². The van der Waals surface area contributed by atoms with Gasteiger partial charge in [0.2, 0.25) is 11.9 Å². The summed E-state index contributed by atoms with van der Waals surface area (Å²) in [5.41, 5.74) is -0.782. The number of benzene rings is 1. The molecule has 1 aromatic rings. The summed E-state index contributed by atoms with van der Waals surface area (Å²) in [5, 5.41) is 19.5. The maximum atomic E-state index is 12.9. The van der Waals surface area contributed by atoms with Crippen molar-refractivity contribution in [2.75, 3.05) is 0 Å². The first-order valence-electron chi connectivity index (χ1n) is 3.75. The molecule has 0 spiro atoms. The van der Waals surface area contributed by atoms with E-state index in [2.05, 4.69) is 4.99 Å². The minimum atomic E-state index is -1.14. The molecule has 0 amide bonds. The minimum absolute atomic E-state index is 0.00792. The van der Waals surface area contributed by atoms with Crippen molar-refractivity contribution in [1.29, 1.82) is 0 Å². The third-order valence-electron chi connectivity index (χ3n) is 1.66. The smallest absolute Gasteiger partial charge is 0.305 e. The second-order valence-corrected chi connectivity index (χ2v) is 2.60. The topological polar surface area (TPSA) is 92.8 Å². The van der Waals surface area contributed by atoms with Crippen molar-refractivity contribution in [2.24, 2.45) is 4.99 Å². The number of hydrogen-bond acceptors (Lipinski definition) is 5. The first kappa shape index (κ1) is 10.8. The molecule has 1 rings (SSSR count). The highest BCUT2D eigenvalue weighted by molar-refractivity contribution is 5.45. The molecule has 0 radical (unpaired) electrons. The summed E-state index contributed by atoms with van der Waals surface area (Å²) in [6, 6.07) is 1.43. The van der Waals surface area contributed by atoms with Crippen molar-refractivity contribution < 1.29 is 19.2 Å². The standard InChI is InChI=1S/C8H5FN2O4/c9-6-2-8(13)5(3-10-4-12)1-7(6)11(14)15/h1-2,13H,3H2. The van der Waals surface area contributed by atoms with Gasteiger partial charge in [-0.05, 0) is 0 Å². The number of nitro groups is 1. The molecule has 0 atom stereocenters. The molecule has 0 aliphatic carbocycles. The van der Waals surface area contributed by atoms with Gasteiger partial charge in [0.05, 0.1) is 11.5 Å². The van der Waals surface area contributed by atoms with Crippen LogP contribution in [0.2, 0.25) is 0 Å². The summed E-state index contributed by atoms with van der Waals surface area (Å²) in [6.45, 7) is -0.281. The van der Waals surface area contributed by atoms with Crippen LogP contribution < -0.4 is 0 Å². The number of nitro benzene ring substituents is 1. The lowest BCUT2D eigenvalue weighted by molar-refractivity contribution is -0.387. The Kier molecular flexibility index (Phi) is 3.10. The van der Waals surface area contributed by atoms with E-state index in [1.807, 2.05) is 0 Å². The summed E-state index contributed by atoms with van der Waals surface area (Å²) in [5.74, 6) is -1.63. The monoisotopic (exact) mass is 212 g/mol. The van der Waals surface area contributed by atoms with E-state index < -0.39 is 22.2 Å². The van der Waals surface area contributed by atoms with Crippen molar-refractivity contribution >= 4 is 11.8 Å². The Morgan fingerprint density at radius 3 is 2.80 bits per heavy atom. The van der Waals surface area contributed by atoms with Crippen molar-refractivity contribution in [3.05, 3.63) is 33.6 Å². The van der Waals surface area contributed by atoms with Crippen LogP contribution in [0.1, 0.15) is 5.56 Å². The molecule has 0 aliphatic heterocycles. The highest BCUT2D eigenvalue weighted by atomic mass is 19.1. The van der Waals surface area contributed by atoms with E-state index in [-0.39, 0.29) is 12.1 Å². The Labute approximate surface area is 82.8 Å². The number of aliphatic imine (C=N–C) groups is 1. The number of nitrogens with zero attached hydrogens (tertiary/aromatic N) is 2. The summed E-state index contributed by atoms with van der Waals surface area (Å²) < 4.78 is 12.9. The first-order chi connectivity index (χ1) is 7.06. The van der Waals surface area contributed by atoms with Crippen molar-refractivity contribution in [1.82, 2.24) is 0 Å². The lowest BCUT2D eigenvalue weighted by Crippen LogP contribution is -1.95. The van der Waals surface area contributed by atoms with Gasteiger partial charge in [0, 0.05) is 17.7 Å². The maximum absolute atomic E-state index is 12.9. The van der Waals surface area contributed by atoms with E-state index in [4.69, 9.17) is 0 Å². The van der Waals surface area contributed by atoms with Crippen LogP contribution in [-0.4, -0.2) is 16.1 Å². The van der Waals surface area contributed by atoms with Crippen molar-refractivity contribution in [3.63, 3.8) is 0 Å². The molecule has 78 valence electrons. The zero-order valence-electron chi connectivity index (χ0n) is 7.31. The Morgan fingerprint density at radius 2 is 2.27 bits per heavy atom. The molecular formula is C8H5FN2O4. The van der Waals surface area contributed by atoms with Crippen LogP contribution >= 0.6 is 0 Å². The maximum Gasteiger partial charge on any atom is 0.305 e. The molecule has 1 aromatic carbocycles. The van der Waals surface area contributed by atoms with Crippen LogP contribution in [0.4, 0.5) is 10.1 Å². The van der Waals surface area contributed by atoms with Crippen LogP contribution in [0.5, 0.6) is 5.75 Å². The van der Waals surface area contributed by atoms with Gasteiger partial charge in [-0.3, -0.25) is 10.1 Å². The average molecular weight is 212 g/mol. The molecule has 0 saturated carbocycles. The number of carbonyl (C=O) groups excluding carboxylic acids is 1. The SMILES string of the molecule is O=C=NCc1cc([N+](=O)[O-])c(F)cc1O. The Bertz CT molecular complexity index is 454. The number of hydrogen-bond donors (Lipinski definition) is 1. The zero-order chi connectivity index (χ0) is 11.4. The Morgan fingerprint density at radius 1 is 1.60 bits per heavy atom. The van der Waals surface area contributed by atoms with Crippen LogP contribution in [0, 0.1) is 15.9 Å². The van der Waals surface area contributed by atoms with Gasteiger partial charge in [-0.15, -0.1) is 0 Å². The number of phenols is 1. The number of rotatable bonds is 3. The van der Waals surface area contributed by atoms with E-state index in [0.29, 0.717) is 6.07 Å². The fourth-order valence-corrected chi connectivity index (χ4v) is 0.979. The third kappa shape index (κ3) is 2.35. The normalized spacial score (nSPS) is 9.40. The molecule has 0 bridgehead atoms. The van der Waals surface area contributed by atoms with Crippen LogP contribution in [0.3, 0.4) is 0 Å². The van der Waals surface area contributed by atoms with E-state index >= 15 is 0 Å². The average Bonchev–Trinajstić information content (AvgIpc) is 2.16. The van der Waals surface area contributed by atoms with Gasteiger partial charge in [-0.25, -0.2) is 9.79 Å².